The summed E-state index contributed by atoms with van der Waals surface area (Å²) < 4.78 is 24.9. The van der Waals surface area contributed by atoms with Crippen molar-refractivity contribution in [3.8, 4) is 23.3 Å². The number of hydrogen-bond donors (Lipinski definition) is 2. The molecule has 5 rings (SSSR count). The summed E-state index contributed by atoms with van der Waals surface area (Å²) in [6.07, 6.45) is -0.176. The Bertz CT molecular complexity index is 1690. The van der Waals surface area contributed by atoms with Gasteiger partial charge in [-0.3, -0.25) is 9.78 Å². The molecule has 3 atom stereocenters. The lowest BCUT2D eigenvalue weighted by Gasteiger charge is -2.37. The van der Waals surface area contributed by atoms with E-state index in [-0.39, 0.29) is 18.7 Å². The highest BCUT2D eigenvalue weighted by Gasteiger charge is 2.42. The zero-order valence-corrected chi connectivity index (χ0v) is 25.6. The van der Waals surface area contributed by atoms with E-state index < -0.39 is 35.3 Å². The number of nitrogens with zero attached hydrogens (tertiary/aromatic N) is 2. The molecule has 0 bridgehead atoms. The minimum Gasteiger partial charge on any atom is -0.497 e. The number of rotatable bonds is 11. The highest BCUT2D eigenvalue weighted by molar-refractivity contribution is 5.49. The first kappa shape index (κ1) is 31.7. The van der Waals surface area contributed by atoms with Crippen molar-refractivity contribution >= 4 is 0 Å². The second-order valence-electron chi connectivity index (χ2n) is 10.7. The molecule has 10 heteroatoms. The molecule has 2 heterocycles. The van der Waals surface area contributed by atoms with Crippen LogP contribution in [0.25, 0.3) is 0 Å². The fraction of sp³-hybridized carbons (Fsp3) is 0.343. The molecule has 1 fully saturated rings. The van der Waals surface area contributed by atoms with Crippen LogP contribution in [0.4, 0.5) is 0 Å². The second-order valence-corrected chi connectivity index (χ2v) is 10.7. The first-order chi connectivity index (χ1) is 21.9. The fourth-order valence-electron chi connectivity index (χ4n) is 5.40. The molecular formula is C35H37N3O7. The topological polar surface area (TPSA) is 125 Å². The van der Waals surface area contributed by atoms with Gasteiger partial charge >= 0.3 is 5.69 Å². The molecule has 0 aliphatic carbocycles. The number of aromatic amines is 1. The molecular weight excluding hydrogens is 574 g/mol. The summed E-state index contributed by atoms with van der Waals surface area (Å²) >= 11 is 0. The van der Waals surface area contributed by atoms with Gasteiger partial charge in [-0.25, -0.2) is 4.79 Å². The normalized spacial score (nSPS) is 17.8. The van der Waals surface area contributed by atoms with E-state index in [4.69, 9.17) is 18.9 Å². The van der Waals surface area contributed by atoms with E-state index in [1.807, 2.05) is 85.8 Å². The molecule has 0 spiro atoms. The maximum Gasteiger partial charge on any atom is 0.347 e. The Morgan fingerprint density at radius 2 is 1.56 bits per heavy atom. The van der Waals surface area contributed by atoms with Crippen molar-refractivity contribution in [2.75, 3.05) is 20.8 Å². The van der Waals surface area contributed by atoms with Crippen molar-refractivity contribution in [3.05, 3.63) is 122 Å². The number of ether oxygens (including phenoxy) is 4. The van der Waals surface area contributed by atoms with Crippen LogP contribution in [0.5, 0.6) is 11.5 Å². The van der Waals surface area contributed by atoms with Crippen molar-refractivity contribution in [2.24, 2.45) is 0 Å². The van der Waals surface area contributed by atoms with Crippen molar-refractivity contribution in [3.63, 3.8) is 0 Å². The summed E-state index contributed by atoms with van der Waals surface area (Å²) in [7, 11) is 3.22. The molecule has 4 aromatic rings. The Labute approximate surface area is 261 Å². The van der Waals surface area contributed by atoms with Gasteiger partial charge in [0.2, 0.25) is 0 Å². The number of nitrogens with one attached hydrogen (secondary N) is 1. The maximum atomic E-state index is 12.7. The number of H-pyrrole nitrogens is 1. The Hall–Kier alpha value is -4.69. The van der Waals surface area contributed by atoms with Crippen LogP contribution in [0.3, 0.4) is 0 Å². The third kappa shape index (κ3) is 6.86. The third-order valence-corrected chi connectivity index (χ3v) is 7.83. The average molecular weight is 612 g/mol. The van der Waals surface area contributed by atoms with Gasteiger partial charge in [0, 0.05) is 12.8 Å². The van der Waals surface area contributed by atoms with Crippen molar-refractivity contribution in [1.29, 1.82) is 0 Å². The molecule has 2 N–H and O–H groups in total. The quantitative estimate of drug-likeness (QED) is 0.147. The predicted octanol–water partition coefficient (Wildman–Crippen LogP) is 4.15. The Balaban J connectivity index is 1.49. The van der Waals surface area contributed by atoms with Crippen LogP contribution >= 0.6 is 0 Å². The minimum atomic E-state index is -1.12. The minimum absolute atomic E-state index is 0.0353. The largest absolute Gasteiger partial charge is 0.497 e. The van der Waals surface area contributed by atoms with Gasteiger partial charge in [-0.2, -0.15) is 9.78 Å². The van der Waals surface area contributed by atoms with Gasteiger partial charge < -0.3 is 24.1 Å². The molecule has 3 aromatic carbocycles. The fourth-order valence-corrected chi connectivity index (χ4v) is 5.40. The third-order valence-electron chi connectivity index (χ3n) is 7.83. The predicted molar refractivity (Wildman–Crippen MR) is 168 cm³/mol. The zero-order chi connectivity index (χ0) is 31.8. The molecule has 1 unspecified atom stereocenters. The molecule has 234 valence electrons. The van der Waals surface area contributed by atoms with Crippen LogP contribution in [0.2, 0.25) is 0 Å². The number of aliphatic hydroxyl groups excluding tert-OH is 1. The summed E-state index contributed by atoms with van der Waals surface area (Å²) in [6, 6.07) is 25.0. The Kier molecular flexibility index (Phi) is 10.1. The number of benzene rings is 3. The average Bonchev–Trinajstić information content (AvgIpc) is 3.44. The van der Waals surface area contributed by atoms with Crippen molar-refractivity contribution < 1.29 is 24.1 Å². The maximum absolute atomic E-state index is 12.7. The van der Waals surface area contributed by atoms with Crippen LogP contribution in [0, 0.1) is 11.8 Å². The van der Waals surface area contributed by atoms with Gasteiger partial charge in [0.25, 0.3) is 5.56 Å². The first-order valence-electron chi connectivity index (χ1n) is 14.9. The first-order valence-corrected chi connectivity index (χ1v) is 14.9. The molecule has 1 aliphatic heterocycles. The van der Waals surface area contributed by atoms with E-state index in [0.717, 1.165) is 34.2 Å². The molecule has 0 radical (unpaired) electrons. The lowest BCUT2D eigenvalue weighted by atomic mass is 9.80. The standard InChI is InChI=1S/C35H37N3O7/c1-4-5-6-10-13-29-33(40)36-34(41)38(37-29)32-22-30(39)31(45-32)23-44-35(24-11-8-7-9-12-24,25-14-18-27(42-2)19-15-25)26-16-20-28(43-3)21-17-26/h7-9,11-12,14-21,30-32,39H,4-6,22-23H2,1-3H3,(H,36,40,41)/t30?,31-,32-/m0/s1. The van der Waals surface area contributed by atoms with E-state index in [9.17, 15) is 14.7 Å². The van der Waals surface area contributed by atoms with Gasteiger partial charge in [0.1, 0.15) is 23.2 Å². The zero-order valence-electron chi connectivity index (χ0n) is 25.6. The van der Waals surface area contributed by atoms with Crippen LogP contribution in [0.1, 0.15) is 61.2 Å². The Morgan fingerprint density at radius 1 is 0.956 bits per heavy atom. The van der Waals surface area contributed by atoms with Gasteiger partial charge in [-0.15, -0.1) is 0 Å². The molecule has 10 nitrogen and oxygen atoms in total. The van der Waals surface area contributed by atoms with Gasteiger partial charge in [-0.05, 0) is 53.3 Å². The molecule has 1 aromatic heterocycles. The smallest absolute Gasteiger partial charge is 0.347 e. The molecule has 1 saturated heterocycles. The lowest BCUT2D eigenvalue weighted by Crippen LogP contribution is -2.38. The molecule has 45 heavy (non-hydrogen) atoms. The van der Waals surface area contributed by atoms with Crippen LogP contribution in [0.15, 0.2) is 88.5 Å². The number of hydrogen-bond acceptors (Lipinski definition) is 8. The summed E-state index contributed by atoms with van der Waals surface area (Å²) in [5.41, 5.74) is -0.0879. The number of unbranched alkanes of at least 4 members (excludes halogenated alkanes) is 2. The van der Waals surface area contributed by atoms with E-state index in [2.05, 4.69) is 21.9 Å². The summed E-state index contributed by atoms with van der Waals surface area (Å²) in [5, 5.41) is 15.3. The SMILES string of the molecule is CCCCC#Cc1nn([C@@H]2CC(O)[C@H](COC(c3ccccc3)(c3ccc(OC)cc3)c3ccc(OC)cc3)O2)c(=O)[nH]c1=O. The van der Waals surface area contributed by atoms with Crippen LogP contribution in [-0.4, -0.2) is 52.9 Å². The summed E-state index contributed by atoms with van der Waals surface area (Å²) in [6.45, 7) is 2.01. The number of methoxy groups -OCH3 is 2. The highest BCUT2D eigenvalue weighted by Crippen LogP contribution is 2.42. The Morgan fingerprint density at radius 3 is 2.13 bits per heavy atom. The molecule has 0 amide bonds. The lowest BCUT2D eigenvalue weighted by molar-refractivity contribution is -0.0968. The highest BCUT2D eigenvalue weighted by atomic mass is 16.6. The van der Waals surface area contributed by atoms with E-state index in [1.165, 1.54) is 0 Å². The monoisotopic (exact) mass is 611 g/mol. The van der Waals surface area contributed by atoms with Gasteiger partial charge in [-0.1, -0.05) is 73.9 Å². The molecule has 0 saturated carbocycles. The number of aliphatic hydroxyl groups is 1. The van der Waals surface area contributed by atoms with E-state index in [0.29, 0.717) is 17.9 Å². The van der Waals surface area contributed by atoms with Gasteiger partial charge in [0.15, 0.2) is 11.9 Å². The van der Waals surface area contributed by atoms with E-state index in [1.54, 1.807) is 14.2 Å². The van der Waals surface area contributed by atoms with Crippen molar-refractivity contribution in [1.82, 2.24) is 14.8 Å². The van der Waals surface area contributed by atoms with Crippen LogP contribution in [-0.2, 0) is 15.1 Å². The van der Waals surface area contributed by atoms with Crippen molar-refractivity contribution in [2.45, 2.75) is 56.6 Å². The second kappa shape index (κ2) is 14.4. The summed E-state index contributed by atoms with van der Waals surface area (Å²) in [4.78, 5) is 27.3. The number of aromatic nitrogens is 3. The molecule has 1 aliphatic rings. The summed E-state index contributed by atoms with van der Waals surface area (Å²) in [5.74, 6) is 7.07. The van der Waals surface area contributed by atoms with E-state index >= 15 is 0 Å². The van der Waals surface area contributed by atoms with Gasteiger partial charge in [0.05, 0.1) is 26.9 Å². The van der Waals surface area contributed by atoms with Crippen LogP contribution < -0.4 is 20.7 Å².